The molecule has 0 atom stereocenters. The third kappa shape index (κ3) is 3.93. The van der Waals surface area contributed by atoms with Crippen LogP contribution in [0.2, 0.25) is 0 Å². The lowest BCUT2D eigenvalue weighted by Gasteiger charge is -2.53. The first-order chi connectivity index (χ1) is 13.7. The molecule has 1 aromatic rings. The van der Waals surface area contributed by atoms with E-state index in [9.17, 15) is 22.8 Å². The number of piperidine rings is 2. The van der Waals surface area contributed by atoms with Crippen molar-refractivity contribution >= 4 is 11.9 Å². The standard InChI is InChI=1S/C19H26F3N5O2/c1-25-16(19(20,21)22)14(10-23-25)9-13-4-7-26(8-5-13)17(29)27-11-18(12-27)6-2-3-15(28)24-18/h10,13H,2-9,11-12H2,1H3,(H,24,28). The van der Waals surface area contributed by atoms with Gasteiger partial charge in [0.05, 0.1) is 11.7 Å². The van der Waals surface area contributed by atoms with Crippen LogP contribution in [-0.4, -0.2) is 63.2 Å². The van der Waals surface area contributed by atoms with E-state index in [-0.39, 0.29) is 29.0 Å². The van der Waals surface area contributed by atoms with E-state index in [1.165, 1.54) is 13.2 Å². The minimum Gasteiger partial charge on any atom is -0.347 e. The maximum atomic E-state index is 13.2. The minimum atomic E-state index is -4.42. The van der Waals surface area contributed by atoms with Crippen LogP contribution in [0.25, 0.3) is 0 Å². The van der Waals surface area contributed by atoms with Crippen molar-refractivity contribution in [2.24, 2.45) is 13.0 Å². The van der Waals surface area contributed by atoms with E-state index in [4.69, 9.17) is 0 Å². The predicted octanol–water partition coefficient (Wildman–Crippen LogP) is 2.17. The van der Waals surface area contributed by atoms with Gasteiger partial charge in [0.2, 0.25) is 5.91 Å². The second kappa shape index (κ2) is 7.21. The molecule has 160 valence electrons. The van der Waals surface area contributed by atoms with Gasteiger partial charge in [-0.15, -0.1) is 0 Å². The molecule has 0 unspecified atom stereocenters. The summed E-state index contributed by atoms with van der Waals surface area (Å²) >= 11 is 0. The van der Waals surface area contributed by atoms with E-state index in [0.29, 0.717) is 51.9 Å². The van der Waals surface area contributed by atoms with Gasteiger partial charge in [-0.05, 0) is 38.0 Å². The molecule has 1 aromatic heterocycles. The van der Waals surface area contributed by atoms with Gasteiger partial charge < -0.3 is 15.1 Å². The Morgan fingerprint density at radius 3 is 2.59 bits per heavy atom. The fraction of sp³-hybridized carbons (Fsp3) is 0.737. The van der Waals surface area contributed by atoms with Gasteiger partial charge in [0.1, 0.15) is 5.69 Å². The highest BCUT2D eigenvalue weighted by atomic mass is 19.4. The number of urea groups is 1. The Bertz CT molecular complexity index is 792. The van der Waals surface area contributed by atoms with E-state index in [1.807, 2.05) is 0 Å². The van der Waals surface area contributed by atoms with Crippen molar-refractivity contribution in [3.05, 3.63) is 17.5 Å². The predicted molar refractivity (Wildman–Crippen MR) is 97.9 cm³/mol. The fourth-order valence-corrected chi connectivity index (χ4v) is 4.90. The Kier molecular flexibility index (Phi) is 4.98. The second-order valence-corrected chi connectivity index (χ2v) is 8.60. The highest BCUT2D eigenvalue weighted by molar-refractivity contribution is 5.80. The van der Waals surface area contributed by atoms with E-state index in [0.717, 1.165) is 17.5 Å². The Balaban J connectivity index is 1.28. The minimum absolute atomic E-state index is 0.0359. The summed E-state index contributed by atoms with van der Waals surface area (Å²) in [6, 6.07) is -0.0359. The number of carbonyl (C=O) groups excluding carboxylic acids is 2. The van der Waals surface area contributed by atoms with Gasteiger partial charge in [-0.25, -0.2) is 4.79 Å². The summed E-state index contributed by atoms with van der Waals surface area (Å²) in [7, 11) is 1.31. The molecule has 4 rings (SSSR count). The summed E-state index contributed by atoms with van der Waals surface area (Å²) in [6.45, 7) is 2.17. The van der Waals surface area contributed by atoms with Crippen molar-refractivity contribution in [3.63, 3.8) is 0 Å². The number of aryl methyl sites for hydroxylation is 1. The maximum absolute atomic E-state index is 13.2. The molecule has 0 aliphatic carbocycles. The monoisotopic (exact) mass is 413 g/mol. The molecule has 3 fully saturated rings. The van der Waals surface area contributed by atoms with Gasteiger partial charge in [0.15, 0.2) is 0 Å². The third-order valence-electron chi connectivity index (χ3n) is 6.40. The lowest BCUT2D eigenvalue weighted by molar-refractivity contribution is -0.144. The Morgan fingerprint density at radius 1 is 1.28 bits per heavy atom. The molecule has 0 radical (unpaired) electrons. The summed E-state index contributed by atoms with van der Waals surface area (Å²) in [5.74, 6) is 0.155. The zero-order valence-corrected chi connectivity index (χ0v) is 16.5. The van der Waals surface area contributed by atoms with Gasteiger partial charge in [0.25, 0.3) is 0 Å². The van der Waals surface area contributed by atoms with E-state index < -0.39 is 11.9 Å². The number of likely N-dealkylation sites (tertiary alicyclic amines) is 2. The number of hydrogen-bond donors (Lipinski definition) is 1. The molecule has 3 aliphatic rings. The van der Waals surface area contributed by atoms with Crippen molar-refractivity contribution in [1.82, 2.24) is 24.9 Å². The van der Waals surface area contributed by atoms with Crippen molar-refractivity contribution in [1.29, 1.82) is 0 Å². The number of halogens is 3. The molecule has 1 N–H and O–H groups in total. The molecular weight excluding hydrogens is 387 g/mol. The van der Waals surface area contributed by atoms with Crippen LogP contribution in [0.4, 0.5) is 18.0 Å². The molecule has 10 heteroatoms. The molecule has 0 saturated carbocycles. The molecule has 3 amide bonds. The first-order valence-corrected chi connectivity index (χ1v) is 10.1. The number of carbonyl (C=O) groups is 2. The fourth-order valence-electron chi connectivity index (χ4n) is 4.90. The number of alkyl halides is 3. The largest absolute Gasteiger partial charge is 0.433 e. The Labute approximate surface area is 167 Å². The average molecular weight is 413 g/mol. The smallest absolute Gasteiger partial charge is 0.347 e. The topological polar surface area (TPSA) is 70.5 Å². The number of hydrogen-bond acceptors (Lipinski definition) is 3. The van der Waals surface area contributed by atoms with Crippen molar-refractivity contribution in [2.75, 3.05) is 26.2 Å². The Morgan fingerprint density at radius 2 is 1.97 bits per heavy atom. The second-order valence-electron chi connectivity index (χ2n) is 8.60. The molecule has 29 heavy (non-hydrogen) atoms. The SMILES string of the molecule is Cn1ncc(CC2CCN(C(=O)N3CC4(CCCC(=O)N4)C3)CC2)c1C(F)(F)F. The maximum Gasteiger partial charge on any atom is 0.433 e. The van der Waals surface area contributed by atoms with E-state index in [1.54, 1.807) is 9.80 Å². The van der Waals surface area contributed by atoms with Gasteiger partial charge in [-0.3, -0.25) is 9.48 Å². The summed E-state index contributed by atoms with van der Waals surface area (Å²) in [6.07, 6.45) is 0.864. The number of nitrogens with one attached hydrogen (secondary N) is 1. The zero-order valence-electron chi connectivity index (χ0n) is 16.5. The van der Waals surface area contributed by atoms with Gasteiger partial charge in [0, 0.05) is 45.2 Å². The van der Waals surface area contributed by atoms with Crippen molar-refractivity contribution in [2.45, 2.75) is 50.2 Å². The lowest BCUT2D eigenvalue weighted by atomic mass is 9.81. The van der Waals surface area contributed by atoms with E-state index in [2.05, 4.69) is 10.4 Å². The van der Waals surface area contributed by atoms with Crippen LogP contribution >= 0.6 is 0 Å². The van der Waals surface area contributed by atoms with Gasteiger partial charge in [-0.2, -0.15) is 18.3 Å². The molecule has 7 nitrogen and oxygen atoms in total. The molecule has 0 bridgehead atoms. The van der Waals surface area contributed by atoms with Crippen LogP contribution in [-0.2, 0) is 24.4 Å². The first-order valence-electron chi connectivity index (χ1n) is 10.1. The van der Waals surface area contributed by atoms with Crippen molar-refractivity contribution in [3.8, 4) is 0 Å². The molecule has 4 heterocycles. The summed E-state index contributed by atoms with van der Waals surface area (Å²) in [5.41, 5.74) is -0.712. The van der Waals surface area contributed by atoms with Gasteiger partial charge in [-0.1, -0.05) is 0 Å². The van der Waals surface area contributed by atoms with E-state index >= 15 is 0 Å². The molecular formula is C19H26F3N5O2. The highest BCUT2D eigenvalue weighted by Crippen LogP contribution is 2.35. The molecule has 3 saturated heterocycles. The molecule has 1 spiro atoms. The van der Waals surface area contributed by atoms with Crippen LogP contribution in [0, 0.1) is 5.92 Å². The third-order valence-corrected chi connectivity index (χ3v) is 6.40. The highest BCUT2D eigenvalue weighted by Gasteiger charge is 2.48. The average Bonchev–Trinajstić information content (AvgIpc) is 3.00. The quantitative estimate of drug-likeness (QED) is 0.808. The van der Waals surface area contributed by atoms with Crippen LogP contribution in [0.5, 0.6) is 0 Å². The number of amides is 3. The lowest BCUT2D eigenvalue weighted by Crippen LogP contribution is -2.73. The summed E-state index contributed by atoms with van der Waals surface area (Å²) < 4.78 is 40.6. The normalized spacial score (nSPS) is 22.6. The number of nitrogens with zero attached hydrogens (tertiary/aromatic N) is 4. The number of aromatic nitrogens is 2. The van der Waals surface area contributed by atoms with Crippen molar-refractivity contribution < 1.29 is 22.8 Å². The first kappa shape index (κ1) is 20.0. The number of rotatable bonds is 2. The molecule has 3 aliphatic heterocycles. The van der Waals surface area contributed by atoms with Crippen LogP contribution in [0.15, 0.2) is 6.20 Å². The summed E-state index contributed by atoms with van der Waals surface area (Å²) in [5, 5.41) is 6.80. The van der Waals surface area contributed by atoms with Gasteiger partial charge >= 0.3 is 12.2 Å². The van der Waals surface area contributed by atoms with Crippen LogP contribution < -0.4 is 5.32 Å². The molecule has 0 aromatic carbocycles. The van der Waals surface area contributed by atoms with Crippen LogP contribution in [0.3, 0.4) is 0 Å². The zero-order chi connectivity index (χ0) is 20.8. The summed E-state index contributed by atoms with van der Waals surface area (Å²) in [4.78, 5) is 27.9. The van der Waals surface area contributed by atoms with Crippen LogP contribution in [0.1, 0.15) is 43.4 Å². The Hall–Kier alpha value is -2.26.